The maximum Gasteiger partial charge on any atom is 0.332 e. The summed E-state index contributed by atoms with van der Waals surface area (Å²) in [4.78, 5) is 25.3. The molecule has 0 aromatic carbocycles. The van der Waals surface area contributed by atoms with Gasteiger partial charge in [-0.05, 0) is 26.7 Å². The van der Waals surface area contributed by atoms with Gasteiger partial charge in [0.05, 0.1) is 12.2 Å². The van der Waals surface area contributed by atoms with Crippen molar-refractivity contribution >= 4 is 11.9 Å². The van der Waals surface area contributed by atoms with E-state index in [1.54, 1.807) is 26.0 Å². The van der Waals surface area contributed by atoms with Crippen LogP contribution in [0, 0.1) is 11.3 Å². The van der Waals surface area contributed by atoms with Gasteiger partial charge in [-0.2, -0.15) is 5.26 Å². The van der Waals surface area contributed by atoms with Crippen LogP contribution < -0.4 is 0 Å². The fourth-order valence-corrected chi connectivity index (χ4v) is 1.63. The normalized spacial score (nSPS) is 12.1. The molecule has 0 spiro atoms. The highest BCUT2D eigenvalue weighted by atomic mass is 16.5. The van der Waals surface area contributed by atoms with Crippen LogP contribution in [-0.2, 0) is 19.1 Å². The average Bonchev–Trinajstić information content (AvgIpc) is 2.48. The molecule has 0 radical (unpaired) electrons. The Morgan fingerprint density at radius 3 is 2.65 bits per heavy atom. The minimum absolute atomic E-state index is 0.0589. The highest BCUT2D eigenvalue weighted by Crippen LogP contribution is 2.09. The standard InChI is InChI=1S/C16H26N2O5/c1-5-6-7-14(19)18(4)13(15(20)23-11-9-17)12-22-10-8-16(2,3)21/h5,13,21H,1,6-8,10-12H2,2-4H3. The van der Waals surface area contributed by atoms with E-state index in [1.165, 1.54) is 11.9 Å². The van der Waals surface area contributed by atoms with E-state index >= 15 is 0 Å². The lowest BCUT2D eigenvalue weighted by atomic mass is 10.1. The molecule has 0 heterocycles. The van der Waals surface area contributed by atoms with Crippen LogP contribution in [0.5, 0.6) is 0 Å². The van der Waals surface area contributed by atoms with Crippen molar-refractivity contribution in [2.75, 3.05) is 26.9 Å². The van der Waals surface area contributed by atoms with Gasteiger partial charge in [0, 0.05) is 20.1 Å². The number of nitrogens with zero attached hydrogens (tertiary/aromatic N) is 2. The first-order chi connectivity index (χ1) is 10.7. The van der Waals surface area contributed by atoms with E-state index in [1.807, 2.05) is 0 Å². The summed E-state index contributed by atoms with van der Waals surface area (Å²) < 4.78 is 10.2. The molecular formula is C16H26N2O5. The Kier molecular flexibility index (Phi) is 9.86. The van der Waals surface area contributed by atoms with Crippen molar-refractivity contribution in [1.29, 1.82) is 5.26 Å². The van der Waals surface area contributed by atoms with Crippen LogP contribution in [0.1, 0.15) is 33.1 Å². The molecule has 130 valence electrons. The number of carbonyl (C=O) groups is 2. The highest BCUT2D eigenvalue weighted by Gasteiger charge is 2.28. The van der Waals surface area contributed by atoms with Crippen molar-refractivity contribution in [3.05, 3.63) is 12.7 Å². The second kappa shape index (κ2) is 10.8. The van der Waals surface area contributed by atoms with Gasteiger partial charge >= 0.3 is 5.97 Å². The number of esters is 1. The predicted molar refractivity (Wildman–Crippen MR) is 84.3 cm³/mol. The number of carbonyl (C=O) groups excluding carboxylic acids is 2. The Morgan fingerprint density at radius 2 is 2.13 bits per heavy atom. The first-order valence-corrected chi connectivity index (χ1v) is 7.43. The number of hydrogen-bond acceptors (Lipinski definition) is 6. The summed E-state index contributed by atoms with van der Waals surface area (Å²) >= 11 is 0. The number of likely N-dealkylation sites (N-methyl/N-ethyl adjacent to an activating group) is 1. The number of rotatable bonds is 11. The lowest BCUT2D eigenvalue weighted by Gasteiger charge is -2.26. The second-order valence-corrected chi connectivity index (χ2v) is 5.75. The van der Waals surface area contributed by atoms with Gasteiger partial charge in [0.25, 0.3) is 0 Å². The van der Waals surface area contributed by atoms with E-state index in [2.05, 4.69) is 6.58 Å². The summed E-state index contributed by atoms with van der Waals surface area (Å²) in [5, 5.41) is 18.1. The Balaban J connectivity index is 4.67. The number of nitriles is 1. The van der Waals surface area contributed by atoms with Gasteiger partial charge in [0.15, 0.2) is 12.6 Å². The zero-order valence-corrected chi connectivity index (χ0v) is 14.1. The molecule has 0 rings (SSSR count). The maximum absolute atomic E-state index is 12.0. The monoisotopic (exact) mass is 326 g/mol. The minimum atomic E-state index is -0.928. The first kappa shape index (κ1) is 21.1. The number of allylic oxidation sites excluding steroid dienone is 1. The average molecular weight is 326 g/mol. The van der Waals surface area contributed by atoms with Crippen LogP contribution in [0.4, 0.5) is 0 Å². The largest absolute Gasteiger partial charge is 0.449 e. The SMILES string of the molecule is C=CCCC(=O)N(C)C(COCCC(C)(C)O)C(=O)OCC#N. The van der Waals surface area contributed by atoms with E-state index in [-0.39, 0.29) is 32.1 Å². The molecule has 0 aliphatic heterocycles. The lowest BCUT2D eigenvalue weighted by Crippen LogP contribution is -2.46. The maximum atomic E-state index is 12.0. The molecule has 0 saturated heterocycles. The van der Waals surface area contributed by atoms with Gasteiger partial charge in [-0.15, -0.1) is 6.58 Å². The quantitative estimate of drug-likeness (QED) is 0.346. The molecule has 0 fully saturated rings. The number of hydrogen-bond donors (Lipinski definition) is 1. The van der Waals surface area contributed by atoms with Crippen molar-refractivity contribution < 1.29 is 24.2 Å². The van der Waals surface area contributed by atoms with Crippen LogP contribution in [-0.4, -0.2) is 60.4 Å². The number of amides is 1. The van der Waals surface area contributed by atoms with Crippen molar-refractivity contribution in [1.82, 2.24) is 4.90 Å². The van der Waals surface area contributed by atoms with E-state index in [0.717, 1.165) is 0 Å². The van der Waals surface area contributed by atoms with E-state index in [0.29, 0.717) is 12.8 Å². The topological polar surface area (TPSA) is 99.9 Å². The van der Waals surface area contributed by atoms with Gasteiger partial charge in [-0.3, -0.25) is 4.79 Å². The molecule has 0 aromatic heterocycles. The molecule has 0 bridgehead atoms. The molecule has 23 heavy (non-hydrogen) atoms. The Bertz CT molecular complexity index is 437. The van der Waals surface area contributed by atoms with Crippen molar-refractivity contribution in [3.8, 4) is 6.07 Å². The molecule has 0 saturated carbocycles. The molecule has 0 aliphatic carbocycles. The summed E-state index contributed by atoms with van der Waals surface area (Å²) in [6, 6.07) is 0.781. The third kappa shape index (κ3) is 9.66. The molecule has 1 N–H and O–H groups in total. The molecule has 0 aliphatic rings. The van der Waals surface area contributed by atoms with Gasteiger partial charge in [0.1, 0.15) is 6.07 Å². The highest BCUT2D eigenvalue weighted by molar-refractivity contribution is 5.84. The molecule has 1 atom stereocenters. The fourth-order valence-electron chi connectivity index (χ4n) is 1.63. The Morgan fingerprint density at radius 1 is 1.48 bits per heavy atom. The van der Waals surface area contributed by atoms with Crippen LogP contribution in [0.15, 0.2) is 12.7 Å². The van der Waals surface area contributed by atoms with Gasteiger partial charge in [-0.25, -0.2) is 4.79 Å². The van der Waals surface area contributed by atoms with Gasteiger partial charge in [-0.1, -0.05) is 6.08 Å². The lowest BCUT2D eigenvalue weighted by molar-refractivity contribution is -0.155. The van der Waals surface area contributed by atoms with Gasteiger partial charge in [0.2, 0.25) is 5.91 Å². The van der Waals surface area contributed by atoms with Crippen LogP contribution in [0.25, 0.3) is 0 Å². The van der Waals surface area contributed by atoms with Crippen molar-refractivity contribution in [3.63, 3.8) is 0 Å². The Hall–Kier alpha value is -1.91. The number of ether oxygens (including phenoxy) is 2. The smallest absolute Gasteiger partial charge is 0.332 e. The third-order valence-electron chi connectivity index (χ3n) is 3.11. The third-order valence-corrected chi connectivity index (χ3v) is 3.11. The van der Waals surface area contributed by atoms with Crippen molar-refractivity contribution in [2.45, 2.75) is 44.8 Å². The van der Waals surface area contributed by atoms with Crippen LogP contribution >= 0.6 is 0 Å². The summed E-state index contributed by atoms with van der Waals surface area (Å²) in [6.45, 7) is 6.65. The molecule has 1 unspecified atom stereocenters. The zero-order valence-electron chi connectivity index (χ0n) is 14.1. The zero-order chi connectivity index (χ0) is 17.9. The van der Waals surface area contributed by atoms with Crippen LogP contribution in [0.3, 0.4) is 0 Å². The molecular weight excluding hydrogens is 300 g/mol. The van der Waals surface area contributed by atoms with E-state index < -0.39 is 17.6 Å². The van der Waals surface area contributed by atoms with Gasteiger partial charge < -0.3 is 19.5 Å². The summed E-state index contributed by atoms with van der Waals surface area (Å²) in [7, 11) is 1.49. The molecule has 7 heteroatoms. The first-order valence-electron chi connectivity index (χ1n) is 7.43. The summed E-state index contributed by atoms with van der Waals surface area (Å²) in [5.41, 5.74) is -0.873. The molecule has 0 aromatic rings. The Labute approximate surface area is 137 Å². The fraction of sp³-hybridized carbons (Fsp3) is 0.688. The predicted octanol–water partition coefficient (Wildman–Crippen LogP) is 1.02. The van der Waals surface area contributed by atoms with Crippen LogP contribution in [0.2, 0.25) is 0 Å². The van der Waals surface area contributed by atoms with Crippen molar-refractivity contribution in [2.24, 2.45) is 0 Å². The summed E-state index contributed by atoms with van der Waals surface area (Å²) in [5.74, 6) is -0.931. The number of aliphatic hydroxyl groups is 1. The molecule has 7 nitrogen and oxygen atoms in total. The molecule has 1 amide bonds. The second-order valence-electron chi connectivity index (χ2n) is 5.75. The van der Waals surface area contributed by atoms with E-state index in [4.69, 9.17) is 14.7 Å². The van der Waals surface area contributed by atoms with E-state index in [9.17, 15) is 14.7 Å². The summed E-state index contributed by atoms with van der Waals surface area (Å²) in [6.07, 6.45) is 2.74. The minimum Gasteiger partial charge on any atom is -0.449 e.